The number of benzene rings is 3. The molecule has 3 aromatic rings. The summed E-state index contributed by atoms with van der Waals surface area (Å²) in [6, 6.07) is 17.1. The third-order valence-electron chi connectivity index (χ3n) is 6.99. The van der Waals surface area contributed by atoms with E-state index >= 15 is 0 Å². The van der Waals surface area contributed by atoms with Crippen molar-refractivity contribution in [3.8, 4) is 0 Å². The van der Waals surface area contributed by atoms with E-state index in [0.717, 1.165) is 23.4 Å². The smallest absolute Gasteiger partial charge is 0.416 e. The minimum absolute atomic E-state index is 0.0699. The van der Waals surface area contributed by atoms with Crippen LogP contribution in [0.2, 0.25) is 0 Å². The lowest BCUT2D eigenvalue weighted by Gasteiger charge is -2.45. The number of fused-ring (bicyclic) bond motifs is 1. The lowest BCUT2D eigenvalue weighted by molar-refractivity contribution is -0.137. The number of alkyl halides is 3. The molecule has 2 aliphatic heterocycles. The molecule has 2 heterocycles. The minimum Gasteiger partial charge on any atom is -0.513 e. The van der Waals surface area contributed by atoms with Crippen LogP contribution in [-0.2, 0) is 6.18 Å². The van der Waals surface area contributed by atoms with Crippen molar-refractivity contribution in [3.63, 3.8) is 0 Å². The fourth-order valence-electron chi connectivity index (χ4n) is 5.08. The molecule has 38 heavy (non-hydrogen) atoms. The average molecular weight is 525 g/mol. The Morgan fingerprint density at radius 1 is 0.947 bits per heavy atom. The zero-order chi connectivity index (χ0) is 27.0. The molecule has 1 saturated heterocycles. The Labute approximate surface area is 218 Å². The normalized spacial score (nSPS) is 17.8. The number of halogens is 4. The van der Waals surface area contributed by atoms with Crippen molar-refractivity contribution < 1.29 is 22.7 Å². The zero-order valence-electron chi connectivity index (χ0n) is 20.9. The number of para-hydroxylation sites is 1. The summed E-state index contributed by atoms with van der Waals surface area (Å²) < 4.78 is 54.7. The monoisotopic (exact) mass is 524 g/mol. The zero-order valence-corrected chi connectivity index (χ0v) is 20.9. The van der Waals surface area contributed by atoms with Crippen LogP contribution in [0.3, 0.4) is 0 Å². The molecule has 5 nitrogen and oxygen atoms in total. The second-order valence-electron chi connectivity index (χ2n) is 9.58. The lowest BCUT2D eigenvalue weighted by atomic mass is 9.96. The maximum atomic E-state index is 13.8. The van der Waals surface area contributed by atoms with Crippen molar-refractivity contribution in [1.29, 1.82) is 0 Å². The summed E-state index contributed by atoms with van der Waals surface area (Å²) in [6.45, 7) is 7.75. The molecule has 5 rings (SSSR count). The molecule has 198 valence electrons. The second kappa shape index (κ2) is 10.0. The fraction of sp³-hybridized carbons (Fsp3) is 0.276. The van der Waals surface area contributed by atoms with E-state index in [1.165, 1.54) is 12.1 Å². The van der Waals surface area contributed by atoms with Gasteiger partial charge in [0.25, 0.3) is 0 Å². The van der Waals surface area contributed by atoms with Crippen molar-refractivity contribution >= 4 is 23.0 Å². The molecule has 1 N–H and O–H groups in total. The van der Waals surface area contributed by atoms with E-state index in [4.69, 9.17) is 4.99 Å². The van der Waals surface area contributed by atoms with E-state index < -0.39 is 17.8 Å². The van der Waals surface area contributed by atoms with Gasteiger partial charge in [0.05, 0.1) is 23.1 Å². The number of aryl methyl sites for hydroxylation is 1. The van der Waals surface area contributed by atoms with Crippen LogP contribution in [0.25, 0.3) is 0 Å². The number of piperazine rings is 1. The first-order valence-electron chi connectivity index (χ1n) is 12.4. The van der Waals surface area contributed by atoms with Crippen LogP contribution in [0.5, 0.6) is 0 Å². The van der Waals surface area contributed by atoms with Gasteiger partial charge in [-0.1, -0.05) is 30.8 Å². The Morgan fingerprint density at radius 2 is 1.66 bits per heavy atom. The number of guanidine groups is 1. The van der Waals surface area contributed by atoms with E-state index in [1.807, 2.05) is 30.3 Å². The second-order valence-corrected chi connectivity index (χ2v) is 9.58. The predicted molar refractivity (Wildman–Crippen MR) is 142 cm³/mol. The third-order valence-corrected chi connectivity index (χ3v) is 6.99. The van der Waals surface area contributed by atoms with Crippen molar-refractivity contribution in [1.82, 2.24) is 4.90 Å². The summed E-state index contributed by atoms with van der Waals surface area (Å²) in [5.74, 6) is 0.194. The number of nitrogens with zero attached hydrogens (tertiary/aromatic N) is 4. The number of hydrogen-bond acceptors (Lipinski definition) is 5. The van der Waals surface area contributed by atoms with E-state index in [1.54, 1.807) is 24.0 Å². The van der Waals surface area contributed by atoms with Crippen LogP contribution >= 0.6 is 0 Å². The van der Waals surface area contributed by atoms with Gasteiger partial charge in [0.2, 0.25) is 5.96 Å². The van der Waals surface area contributed by atoms with Crippen LogP contribution in [-0.4, -0.2) is 42.1 Å². The van der Waals surface area contributed by atoms with Gasteiger partial charge < -0.3 is 19.8 Å². The van der Waals surface area contributed by atoms with Gasteiger partial charge in [0.15, 0.2) is 0 Å². The van der Waals surface area contributed by atoms with Gasteiger partial charge >= 0.3 is 6.18 Å². The van der Waals surface area contributed by atoms with E-state index in [9.17, 15) is 22.7 Å². The van der Waals surface area contributed by atoms with Gasteiger partial charge in [0, 0.05) is 49.5 Å². The number of hydrogen-bond donors (Lipinski definition) is 1. The number of rotatable bonds is 4. The first-order chi connectivity index (χ1) is 18.1. The average Bonchev–Trinajstić information content (AvgIpc) is 2.89. The van der Waals surface area contributed by atoms with E-state index in [-0.39, 0.29) is 18.0 Å². The number of aliphatic imine (C=N–C) groups is 1. The van der Waals surface area contributed by atoms with Crippen molar-refractivity contribution in [2.75, 3.05) is 36.0 Å². The van der Waals surface area contributed by atoms with E-state index in [2.05, 4.69) is 16.4 Å². The lowest BCUT2D eigenvalue weighted by Crippen LogP contribution is -2.55. The molecule has 9 heteroatoms. The highest BCUT2D eigenvalue weighted by molar-refractivity contribution is 6.00. The van der Waals surface area contributed by atoms with Crippen molar-refractivity contribution in [2.45, 2.75) is 25.6 Å². The molecule has 0 spiro atoms. The first-order valence-corrected chi connectivity index (χ1v) is 12.4. The molecular weight excluding hydrogens is 496 g/mol. The topological polar surface area (TPSA) is 42.3 Å². The van der Waals surface area contributed by atoms with Gasteiger partial charge in [-0.15, -0.1) is 0 Å². The number of anilines is 2. The summed E-state index contributed by atoms with van der Waals surface area (Å²) in [7, 11) is 0. The van der Waals surface area contributed by atoms with Gasteiger partial charge in [-0.3, -0.25) is 0 Å². The molecule has 1 unspecified atom stereocenters. The minimum atomic E-state index is -4.50. The molecule has 0 saturated carbocycles. The quantitative estimate of drug-likeness (QED) is 0.295. The first kappa shape index (κ1) is 25.6. The Bertz CT molecular complexity index is 1380. The highest BCUT2D eigenvalue weighted by Crippen LogP contribution is 2.42. The van der Waals surface area contributed by atoms with Gasteiger partial charge in [0.1, 0.15) is 5.82 Å². The molecule has 0 bridgehead atoms. The van der Waals surface area contributed by atoms with Crippen LogP contribution in [0.15, 0.2) is 84.1 Å². The van der Waals surface area contributed by atoms with Crippen molar-refractivity contribution in [2.24, 2.45) is 4.99 Å². The highest BCUT2D eigenvalue weighted by atomic mass is 19.4. The predicted octanol–water partition coefficient (Wildman–Crippen LogP) is 6.99. The molecule has 0 aromatic heterocycles. The third kappa shape index (κ3) is 5.05. The molecular formula is C29H28F4N4O. The molecule has 3 aromatic carbocycles. The Balaban J connectivity index is 1.53. The molecule has 0 amide bonds. The molecule has 0 aliphatic carbocycles. The summed E-state index contributed by atoms with van der Waals surface area (Å²) >= 11 is 0. The van der Waals surface area contributed by atoms with Gasteiger partial charge in [-0.2, -0.15) is 13.2 Å². The van der Waals surface area contributed by atoms with Crippen LogP contribution < -0.4 is 9.80 Å². The number of aliphatic hydroxyl groups is 1. The van der Waals surface area contributed by atoms with E-state index in [0.29, 0.717) is 49.1 Å². The summed E-state index contributed by atoms with van der Waals surface area (Å²) in [5, 5.41) is 10.2. The van der Waals surface area contributed by atoms with Crippen LogP contribution in [0, 0.1) is 12.7 Å². The molecule has 1 atom stereocenters. The summed E-state index contributed by atoms with van der Waals surface area (Å²) in [5.41, 5.74) is 2.56. The Kier molecular flexibility index (Phi) is 6.77. The molecule has 1 fully saturated rings. The van der Waals surface area contributed by atoms with Crippen LogP contribution in [0.4, 0.5) is 34.6 Å². The van der Waals surface area contributed by atoms with Gasteiger partial charge in [-0.05, 0) is 55.0 Å². The Morgan fingerprint density at radius 3 is 2.34 bits per heavy atom. The maximum Gasteiger partial charge on any atom is 0.416 e. The van der Waals surface area contributed by atoms with Crippen molar-refractivity contribution in [3.05, 3.63) is 102 Å². The summed E-state index contributed by atoms with van der Waals surface area (Å²) in [6.07, 6.45) is -4.38. The van der Waals surface area contributed by atoms with Crippen LogP contribution in [0.1, 0.15) is 29.2 Å². The SMILES string of the molecule is C=C(O)CC1c2ccccc2N=C(N2CCN(c3ccc(F)c(C)c3)CC2)N1c1cccc(C(F)(F)F)c1. The fourth-order valence-corrected chi connectivity index (χ4v) is 5.08. The summed E-state index contributed by atoms with van der Waals surface area (Å²) in [4.78, 5) is 10.9. The molecule has 0 radical (unpaired) electrons. The van der Waals surface area contributed by atoms with Gasteiger partial charge in [-0.25, -0.2) is 9.38 Å². The Hall–Kier alpha value is -4.01. The molecule has 2 aliphatic rings. The largest absolute Gasteiger partial charge is 0.513 e. The highest BCUT2D eigenvalue weighted by Gasteiger charge is 2.37. The maximum absolute atomic E-state index is 13.8. The number of aliphatic hydroxyl groups excluding tert-OH is 1. The standard InChI is InChI=1S/C29H28F4N4O/c1-19-16-22(10-11-25(19)30)35-12-14-36(15-13-35)28-34-26-9-4-3-8-24(26)27(17-20(2)38)37(28)23-7-5-6-21(18-23)29(31,32)33/h3-11,16,18,27,38H,2,12-15,17H2,1H3.